The molecule has 1 atom stereocenters. The number of thiophene rings is 1. The Bertz CT molecular complexity index is 511. The van der Waals surface area contributed by atoms with Crippen LogP contribution in [0.5, 0.6) is 0 Å². The zero-order valence-corrected chi connectivity index (χ0v) is 12.9. The van der Waals surface area contributed by atoms with Crippen LogP contribution in [-0.2, 0) is 12.0 Å². The predicted molar refractivity (Wildman–Crippen MR) is 81.3 cm³/mol. The Labute approximate surface area is 119 Å². The minimum Gasteiger partial charge on any atom is -0.332 e. The molecule has 0 saturated heterocycles. The van der Waals surface area contributed by atoms with Crippen molar-refractivity contribution < 1.29 is 0 Å². The van der Waals surface area contributed by atoms with Gasteiger partial charge in [0.05, 0.1) is 12.0 Å². The highest BCUT2D eigenvalue weighted by Gasteiger charge is 2.25. The van der Waals surface area contributed by atoms with Crippen LogP contribution in [-0.4, -0.2) is 9.55 Å². The zero-order valence-electron chi connectivity index (χ0n) is 12.1. The average molecular weight is 277 g/mol. The van der Waals surface area contributed by atoms with E-state index in [2.05, 4.69) is 54.8 Å². The van der Waals surface area contributed by atoms with Gasteiger partial charge in [0.15, 0.2) is 0 Å². The van der Waals surface area contributed by atoms with Gasteiger partial charge in [0, 0.05) is 29.1 Å². The number of nitrogens with zero attached hydrogens (tertiary/aromatic N) is 2. The summed E-state index contributed by atoms with van der Waals surface area (Å²) < 4.78 is 2.20. The van der Waals surface area contributed by atoms with E-state index in [-0.39, 0.29) is 11.5 Å². The molecule has 0 amide bonds. The number of hydrogen-bond donors (Lipinski definition) is 1. The molecule has 0 aromatic carbocycles. The lowest BCUT2D eigenvalue weighted by Crippen LogP contribution is -2.27. The first-order valence-corrected chi connectivity index (χ1v) is 7.59. The molecule has 0 aliphatic carbocycles. The molecule has 2 N–H and O–H groups in total. The third-order valence-corrected chi connectivity index (χ3v) is 4.79. The molecule has 104 valence electrons. The van der Waals surface area contributed by atoms with Crippen molar-refractivity contribution in [3.63, 3.8) is 0 Å². The highest BCUT2D eigenvalue weighted by Crippen LogP contribution is 2.30. The number of aromatic nitrogens is 2. The molecule has 0 spiro atoms. The summed E-state index contributed by atoms with van der Waals surface area (Å²) in [4.78, 5) is 5.67. The fraction of sp³-hybridized carbons (Fsp3) is 0.533. The van der Waals surface area contributed by atoms with E-state index >= 15 is 0 Å². The summed E-state index contributed by atoms with van der Waals surface area (Å²) in [7, 11) is 0. The van der Waals surface area contributed by atoms with E-state index in [4.69, 9.17) is 5.73 Å². The molecule has 0 radical (unpaired) electrons. The van der Waals surface area contributed by atoms with Gasteiger partial charge in [0.1, 0.15) is 0 Å². The van der Waals surface area contributed by atoms with Crippen LogP contribution in [0.25, 0.3) is 0 Å². The van der Waals surface area contributed by atoms with Gasteiger partial charge in [-0.15, -0.1) is 11.3 Å². The van der Waals surface area contributed by atoms with Crippen molar-refractivity contribution in [2.75, 3.05) is 0 Å². The van der Waals surface area contributed by atoms with Crippen LogP contribution >= 0.6 is 11.3 Å². The quantitative estimate of drug-likeness (QED) is 0.908. The van der Waals surface area contributed by atoms with E-state index < -0.39 is 0 Å². The second kappa shape index (κ2) is 5.47. The Balaban J connectivity index is 2.23. The van der Waals surface area contributed by atoms with Crippen LogP contribution < -0.4 is 5.73 Å². The van der Waals surface area contributed by atoms with Crippen molar-refractivity contribution >= 4 is 11.3 Å². The summed E-state index contributed by atoms with van der Waals surface area (Å²) in [6, 6.07) is 4.35. The minimum atomic E-state index is 0.0432. The normalized spacial score (nSPS) is 14.0. The van der Waals surface area contributed by atoms with Gasteiger partial charge in [-0.25, -0.2) is 4.98 Å². The first-order chi connectivity index (χ1) is 8.92. The molecule has 0 aliphatic heterocycles. The van der Waals surface area contributed by atoms with Crippen molar-refractivity contribution in [2.24, 2.45) is 11.7 Å². The van der Waals surface area contributed by atoms with Crippen LogP contribution in [0.4, 0.5) is 0 Å². The van der Waals surface area contributed by atoms with Crippen LogP contribution in [0.1, 0.15) is 44.3 Å². The molecular formula is C15H23N3S. The van der Waals surface area contributed by atoms with Crippen molar-refractivity contribution in [1.82, 2.24) is 9.55 Å². The van der Waals surface area contributed by atoms with Crippen LogP contribution in [0.2, 0.25) is 0 Å². The zero-order chi connectivity index (χ0) is 14.0. The number of nitrogens with two attached hydrogens (primary N) is 1. The lowest BCUT2D eigenvalue weighted by atomic mass is 9.91. The fourth-order valence-electron chi connectivity index (χ4n) is 2.25. The minimum absolute atomic E-state index is 0.0432. The van der Waals surface area contributed by atoms with Gasteiger partial charge in [-0.2, -0.15) is 0 Å². The maximum atomic E-state index is 6.26. The molecule has 2 aromatic rings. The van der Waals surface area contributed by atoms with Gasteiger partial charge in [-0.3, -0.25) is 0 Å². The summed E-state index contributed by atoms with van der Waals surface area (Å²) in [5.41, 5.74) is 7.48. The molecule has 2 heterocycles. The van der Waals surface area contributed by atoms with Crippen LogP contribution in [0.3, 0.4) is 0 Å². The molecule has 4 heteroatoms. The third-order valence-electron chi connectivity index (χ3n) is 3.56. The van der Waals surface area contributed by atoms with E-state index in [1.54, 1.807) is 0 Å². The van der Waals surface area contributed by atoms with E-state index in [0.29, 0.717) is 5.92 Å². The Hall–Kier alpha value is -1.13. The molecule has 0 saturated carbocycles. The summed E-state index contributed by atoms with van der Waals surface area (Å²) in [6.45, 7) is 9.73. The molecular weight excluding hydrogens is 254 g/mol. The van der Waals surface area contributed by atoms with E-state index in [1.807, 2.05) is 23.9 Å². The van der Waals surface area contributed by atoms with E-state index in [0.717, 1.165) is 12.2 Å². The lowest BCUT2D eigenvalue weighted by Gasteiger charge is -2.26. The van der Waals surface area contributed by atoms with Crippen molar-refractivity contribution in [3.8, 4) is 0 Å². The van der Waals surface area contributed by atoms with Crippen LogP contribution in [0.15, 0.2) is 30.0 Å². The summed E-state index contributed by atoms with van der Waals surface area (Å²) in [5.74, 6) is 0.417. The van der Waals surface area contributed by atoms with Gasteiger partial charge in [0.25, 0.3) is 0 Å². The maximum absolute atomic E-state index is 6.26. The maximum Gasteiger partial charge on any atom is 0.0948 e. The molecule has 2 rings (SSSR count). The second-order valence-electron chi connectivity index (χ2n) is 6.08. The largest absolute Gasteiger partial charge is 0.332 e. The van der Waals surface area contributed by atoms with Crippen LogP contribution in [0, 0.1) is 5.92 Å². The second-order valence-corrected chi connectivity index (χ2v) is 7.03. The van der Waals surface area contributed by atoms with Gasteiger partial charge in [-0.05, 0) is 17.4 Å². The average Bonchev–Trinajstić information content (AvgIpc) is 2.97. The highest BCUT2D eigenvalue weighted by molar-refractivity contribution is 7.10. The summed E-state index contributed by atoms with van der Waals surface area (Å²) in [5, 5.41) is 2.13. The molecule has 0 bridgehead atoms. The van der Waals surface area contributed by atoms with Gasteiger partial charge in [0.2, 0.25) is 0 Å². The number of rotatable bonds is 5. The molecule has 19 heavy (non-hydrogen) atoms. The fourth-order valence-corrected chi connectivity index (χ4v) is 3.09. The Morgan fingerprint density at radius 3 is 2.74 bits per heavy atom. The first-order valence-electron chi connectivity index (χ1n) is 6.71. The molecule has 2 aromatic heterocycles. The molecule has 0 fully saturated rings. The van der Waals surface area contributed by atoms with Gasteiger partial charge < -0.3 is 10.3 Å². The SMILES string of the molecule is CC(C)C(N)c1cncn1CC(C)(C)c1cccs1. The lowest BCUT2D eigenvalue weighted by molar-refractivity contribution is 0.408. The Kier molecular flexibility index (Phi) is 4.11. The molecule has 1 unspecified atom stereocenters. The van der Waals surface area contributed by atoms with Crippen molar-refractivity contribution in [3.05, 3.63) is 40.6 Å². The summed E-state index contributed by atoms with van der Waals surface area (Å²) in [6.07, 6.45) is 3.79. The number of hydrogen-bond acceptors (Lipinski definition) is 3. The van der Waals surface area contributed by atoms with Crippen molar-refractivity contribution in [2.45, 2.75) is 45.7 Å². The molecule has 0 aliphatic rings. The monoisotopic (exact) mass is 277 g/mol. The topological polar surface area (TPSA) is 43.8 Å². The standard InChI is InChI=1S/C15H23N3S/c1-11(2)14(16)12-8-17-10-18(12)9-15(3,4)13-6-5-7-19-13/h5-8,10-11,14H,9,16H2,1-4H3. The van der Waals surface area contributed by atoms with Gasteiger partial charge >= 0.3 is 0 Å². The summed E-state index contributed by atoms with van der Waals surface area (Å²) >= 11 is 1.81. The molecule has 3 nitrogen and oxygen atoms in total. The van der Waals surface area contributed by atoms with Crippen molar-refractivity contribution in [1.29, 1.82) is 0 Å². The van der Waals surface area contributed by atoms with E-state index in [1.165, 1.54) is 4.88 Å². The Morgan fingerprint density at radius 1 is 1.42 bits per heavy atom. The van der Waals surface area contributed by atoms with Gasteiger partial charge in [-0.1, -0.05) is 33.8 Å². The smallest absolute Gasteiger partial charge is 0.0948 e. The first kappa shape index (κ1) is 14.3. The van der Waals surface area contributed by atoms with E-state index in [9.17, 15) is 0 Å². The number of imidazole rings is 1. The Morgan fingerprint density at radius 2 is 2.16 bits per heavy atom. The highest BCUT2D eigenvalue weighted by atomic mass is 32.1. The third kappa shape index (κ3) is 3.07. The predicted octanol–water partition coefficient (Wildman–Crippen LogP) is 3.58.